The Morgan fingerprint density at radius 3 is 1.28 bits per heavy atom. The standard InChI is InChI=1S/C32H20F6N6S3/c33-31(34,35)19-7-1-5-17(15-19)21-9-3-11-23(43-21)27(39)46-29(41)25-13-14-26(45-25)30(42)47-28(40)24-12-4-10-22(44-24)18-6-2-8-20(16-18)32(36,37)38/h1-16,39-42H. The Morgan fingerprint density at radius 1 is 0.511 bits per heavy atom. The van der Waals surface area contributed by atoms with Crippen LogP contribution in [0.1, 0.15) is 32.3 Å². The number of aromatic nitrogens is 2. The maximum Gasteiger partial charge on any atom is 0.416 e. The van der Waals surface area contributed by atoms with E-state index in [1.54, 1.807) is 24.3 Å². The normalized spacial score (nSPS) is 11.7. The average molecular weight is 699 g/mol. The van der Waals surface area contributed by atoms with E-state index in [-0.39, 0.29) is 54.1 Å². The van der Waals surface area contributed by atoms with E-state index < -0.39 is 23.5 Å². The maximum atomic E-state index is 13.2. The first-order valence-corrected chi connectivity index (χ1v) is 15.7. The van der Waals surface area contributed by atoms with Gasteiger partial charge in [-0.05, 0) is 84.2 Å². The van der Waals surface area contributed by atoms with Gasteiger partial charge in [-0.25, -0.2) is 9.97 Å². The van der Waals surface area contributed by atoms with Crippen LogP contribution in [0.4, 0.5) is 26.3 Å². The average Bonchev–Trinajstić information content (AvgIpc) is 3.55. The molecule has 238 valence electrons. The van der Waals surface area contributed by atoms with E-state index >= 15 is 0 Å². The smallest absolute Gasteiger partial charge is 0.292 e. The highest BCUT2D eigenvalue weighted by molar-refractivity contribution is 8.27. The van der Waals surface area contributed by atoms with Crippen molar-refractivity contribution in [1.82, 2.24) is 9.97 Å². The zero-order valence-electron chi connectivity index (χ0n) is 23.6. The van der Waals surface area contributed by atoms with Crippen LogP contribution >= 0.6 is 34.9 Å². The molecule has 0 aliphatic rings. The minimum Gasteiger partial charge on any atom is -0.292 e. The molecule has 47 heavy (non-hydrogen) atoms. The first kappa shape index (κ1) is 33.8. The fourth-order valence-corrected chi connectivity index (χ4v) is 6.52. The van der Waals surface area contributed by atoms with E-state index in [4.69, 9.17) is 21.6 Å². The molecule has 5 aromatic rings. The van der Waals surface area contributed by atoms with Gasteiger partial charge >= 0.3 is 12.4 Å². The monoisotopic (exact) mass is 698 g/mol. The van der Waals surface area contributed by atoms with E-state index in [0.29, 0.717) is 9.75 Å². The van der Waals surface area contributed by atoms with Gasteiger partial charge in [0.15, 0.2) is 0 Å². The first-order valence-electron chi connectivity index (χ1n) is 13.3. The van der Waals surface area contributed by atoms with Crippen LogP contribution < -0.4 is 0 Å². The number of alkyl halides is 6. The van der Waals surface area contributed by atoms with Gasteiger partial charge in [0, 0.05) is 11.1 Å². The molecule has 3 heterocycles. The van der Waals surface area contributed by atoms with Crippen LogP contribution in [-0.4, -0.2) is 30.1 Å². The molecule has 6 nitrogen and oxygen atoms in total. The number of rotatable bonds is 6. The van der Waals surface area contributed by atoms with Gasteiger partial charge in [0.05, 0.1) is 43.7 Å². The summed E-state index contributed by atoms with van der Waals surface area (Å²) < 4.78 is 79.0. The molecule has 15 heteroatoms. The minimum atomic E-state index is -4.52. The van der Waals surface area contributed by atoms with Crippen LogP contribution in [0.15, 0.2) is 97.1 Å². The summed E-state index contributed by atoms with van der Waals surface area (Å²) in [6.07, 6.45) is -9.03. The summed E-state index contributed by atoms with van der Waals surface area (Å²) in [5.74, 6) is 0. The molecule has 0 fully saturated rings. The van der Waals surface area contributed by atoms with Crippen LogP contribution in [0.3, 0.4) is 0 Å². The van der Waals surface area contributed by atoms with Gasteiger partial charge in [-0.3, -0.25) is 21.6 Å². The predicted octanol–water partition coefficient (Wildman–Crippen LogP) is 10.1. The number of hydrogen-bond donors (Lipinski definition) is 4. The summed E-state index contributed by atoms with van der Waals surface area (Å²) in [5.41, 5.74) is -0.348. The molecule has 0 atom stereocenters. The minimum absolute atomic E-state index is 0.0131. The molecule has 2 aromatic carbocycles. The molecule has 0 unspecified atom stereocenters. The van der Waals surface area contributed by atoms with Crippen LogP contribution in [0, 0.1) is 21.6 Å². The van der Waals surface area contributed by atoms with Crippen LogP contribution in [0.25, 0.3) is 22.5 Å². The Labute approximate surface area is 276 Å². The molecular formula is C32H20F6N6S3. The molecule has 0 amide bonds. The van der Waals surface area contributed by atoms with Crippen molar-refractivity contribution in [2.24, 2.45) is 0 Å². The molecule has 0 saturated carbocycles. The molecule has 4 N–H and O–H groups in total. The fourth-order valence-electron chi connectivity index (χ4n) is 4.14. The lowest BCUT2D eigenvalue weighted by Crippen LogP contribution is -2.05. The van der Waals surface area contributed by atoms with Crippen molar-refractivity contribution in [2.75, 3.05) is 0 Å². The van der Waals surface area contributed by atoms with Crippen molar-refractivity contribution in [3.63, 3.8) is 0 Å². The van der Waals surface area contributed by atoms with Gasteiger partial charge in [-0.1, -0.05) is 36.4 Å². The third kappa shape index (κ3) is 8.22. The number of thioether (sulfide) groups is 2. The van der Waals surface area contributed by atoms with Crippen molar-refractivity contribution in [3.8, 4) is 22.5 Å². The summed E-state index contributed by atoms with van der Waals surface area (Å²) in [6, 6.07) is 21.9. The molecule has 0 bridgehead atoms. The number of hydrogen-bond acceptors (Lipinski definition) is 9. The summed E-state index contributed by atoms with van der Waals surface area (Å²) in [5, 5.41) is 33.7. The van der Waals surface area contributed by atoms with Crippen molar-refractivity contribution in [1.29, 1.82) is 21.6 Å². The molecule has 3 aromatic heterocycles. The van der Waals surface area contributed by atoms with E-state index in [9.17, 15) is 26.3 Å². The van der Waals surface area contributed by atoms with E-state index in [0.717, 1.165) is 59.1 Å². The Kier molecular flexibility index (Phi) is 9.79. The molecule has 5 rings (SSSR count). The number of halogens is 6. The summed E-state index contributed by atoms with van der Waals surface area (Å²) in [7, 11) is 0. The second kappa shape index (κ2) is 13.6. The zero-order chi connectivity index (χ0) is 33.9. The fraction of sp³-hybridized carbons (Fsp3) is 0.0625. The Balaban J connectivity index is 1.23. The van der Waals surface area contributed by atoms with Crippen molar-refractivity contribution in [3.05, 3.63) is 129 Å². The SMILES string of the molecule is N=C(SC(=N)c1ccc(C(=N)SC(=N)c2cccc(-c3cccc(C(F)(F)F)c3)n2)s1)c1cccc(-c2cccc(C(F)(F)F)c2)n1. The Hall–Kier alpha value is -4.60. The van der Waals surface area contributed by atoms with Gasteiger partial charge in [0.25, 0.3) is 0 Å². The van der Waals surface area contributed by atoms with Crippen LogP contribution in [0.2, 0.25) is 0 Å². The third-order valence-electron chi connectivity index (χ3n) is 6.40. The molecule has 0 aliphatic heterocycles. The van der Waals surface area contributed by atoms with Crippen LogP contribution in [-0.2, 0) is 12.4 Å². The summed E-state index contributed by atoms with van der Waals surface area (Å²) >= 11 is 2.67. The lowest BCUT2D eigenvalue weighted by molar-refractivity contribution is -0.138. The highest BCUT2D eigenvalue weighted by Crippen LogP contribution is 2.34. The highest BCUT2D eigenvalue weighted by Gasteiger charge is 2.31. The van der Waals surface area contributed by atoms with Gasteiger partial charge < -0.3 is 0 Å². The number of pyridine rings is 2. The third-order valence-corrected chi connectivity index (χ3v) is 9.45. The largest absolute Gasteiger partial charge is 0.416 e. The van der Waals surface area contributed by atoms with Gasteiger partial charge in [-0.2, -0.15) is 26.3 Å². The van der Waals surface area contributed by atoms with Crippen LogP contribution in [0.5, 0.6) is 0 Å². The highest BCUT2D eigenvalue weighted by atomic mass is 32.2. The molecule has 0 aliphatic carbocycles. The number of nitrogens with zero attached hydrogens (tertiary/aromatic N) is 2. The van der Waals surface area contributed by atoms with Crippen molar-refractivity contribution in [2.45, 2.75) is 12.4 Å². The van der Waals surface area contributed by atoms with E-state index in [1.165, 1.54) is 48.5 Å². The quantitative estimate of drug-likeness (QED) is 0.0801. The van der Waals surface area contributed by atoms with Gasteiger partial charge in [0.1, 0.15) is 20.2 Å². The second-order valence-corrected chi connectivity index (χ2v) is 12.8. The van der Waals surface area contributed by atoms with Gasteiger partial charge in [-0.15, -0.1) is 11.3 Å². The maximum absolute atomic E-state index is 13.2. The Bertz CT molecular complexity index is 1880. The predicted molar refractivity (Wildman–Crippen MR) is 176 cm³/mol. The van der Waals surface area contributed by atoms with Gasteiger partial charge in [0.2, 0.25) is 0 Å². The summed E-state index contributed by atoms with van der Waals surface area (Å²) in [6.45, 7) is 0. The van der Waals surface area contributed by atoms with Crippen molar-refractivity contribution >= 4 is 55.0 Å². The molecule has 0 spiro atoms. The Morgan fingerprint density at radius 2 is 0.894 bits per heavy atom. The number of nitrogens with one attached hydrogen (secondary N) is 4. The second-order valence-electron chi connectivity index (χ2n) is 9.66. The van der Waals surface area contributed by atoms with E-state index in [1.807, 2.05) is 0 Å². The molecule has 0 saturated heterocycles. The number of benzene rings is 2. The lowest BCUT2D eigenvalue weighted by Gasteiger charge is -2.10. The van der Waals surface area contributed by atoms with E-state index in [2.05, 4.69) is 9.97 Å². The molecular weight excluding hydrogens is 679 g/mol. The summed E-state index contributed by atoms with van der Waals surface area (Å²) in [4.78, 5) is 9.52. The zero-order valence-corrected chi connectivity index (χ0v) is 26.1. The number of thiophene rings is 1. The first-order chi connectivity index (χ1) is 22.2. The van der Waals surface area contributed by atoms with Crippen molar-refractivity contribution < 1.29 is 26.3 Å². The topological polar surface area (TPSA) is 121 Å². The molecule has 0 radical (unpaired) electrons. The lowest BCUT2D eigenvalue weighted by atomic mass is 10.1.